The first-order chi connectivity index (χ1) is 6.65. The van der Waals surface area contributed by atoms with Crippen molar-refractivity contribution in [3.8, 4) is 6.07 Å². The lowest BCUT2D eigenvalue weighted by Gasteiger charge is -2.06. The van der Waals surface area contributed by atoms with Crippen molar-refractivity contribution in [3.05, 3.63) is 35.1 Å². The van der Waals surface area contributed by atoms with E-state index >= 15 is 0 Å². The van der Waals surface area contributed by atoms with Crippen LogP contribution >= 0.6 is 0 Å². The molecule has 0 N–H and O–H groups in total. The molecule has 0 amide bonds. The van der Waals surface area contributed by atoms with Gasteiger partial charge in [0.05, 0.1) is 6.07 Å². The molecule has 1 nitrogen and oxygen atoms in total. The topological polar surface area (TPSA) is 23.8 Å². The van der Waals surface area contributed by atoms with Gasteiger partial charge in [-0.1, -0.05) is 6.07 Å². The number of nitriles is 1. The fourth-order valence-electron chi connectivity index (χ4n) is 1.19. The quantitative estimate of drug-likeness (QED) is 0.733. The summed E-state index contributed by atoms with van der Waals surface area (Å²) in [5.74, 6) is -0.553. The van der Waals surface area contributed by atoms with Gasteiger partial charge in [-0.25, -0.2) is 13.2 Å². The van der Waals surface area contributed by atoms with Crippen molar-refractivity contribution in [2.24, 2.45) is 0 Å². The molecule has 0 spiro atoms. The molecule has 0 aliphatic heterocycles. The number of hydrogen-bond donors (Lipinski definition) is 0. The third kappa shape index (κ3) is 2.49. The summed E-state index contributed by atoms with van der Waals surface area (Å²) in [4.78, 5) is 0. The molecule has 0 heterocycles. The van der Waals surface area contributed by atoms with Crippen LogP contribution in [0.15, 0.2) is 18.2 Å². The molecule has 0 aliphatic rings. The van der Waals surface area contributed by atoms with Crippen molar-refractivity contribution in [3.63, 3.8) is 0 Å². The van der Waals surface area contributed by atoms with Crippen LogP contribution in [0.5, 0.6) is 0 Å². The van der Waals surface area contributed by atoms with Crippen LogP contribution in [0.3, 0.4) is 0 Å². The second-order valence-corrected chi connectivity index (χ2v) is 2.80. The van der Waals surface area contributed by atoms with Gasteiger partial charge in [0.2, 0.25) is 0 Å². The Balaban J connectivity index is 2.98. The number of alkyl halides is 2. The van der Waals surface area contributed by atoms with Crippen LogP contribution in [0.25, 0.3) is 0 Å². The Labute approximate surface area is 79.8 Å². The molecule has 0 atom stereocenters. The summed E-state index contributed by atoms with van der Waals surface area (Å²) in [6.07, 6.45) is -2.35. The Hall–Kier alpha value is -1.50. The maximum Gasteiger partial charge on any atom is 0.264 e. The summed E-state index contributed by atoms with van der Waals surface area (Å²) in [5.41, 5.74) is 0.0169. The van der Waals surface area contributed by atoms with Crippen LogP contribution in [0, 0.1) is 17.1 Å². The molecule has 0 fully saturated rings. The van der Waals surface area contributed by atoms with E-state index in [1.807, 2.05) is 6.07 Å². The maximum absolute atomic E-state index is 12.7. The van der Waals surface area contributed by atoms with Gasteiger partial charge in [-0.05, 0) is 24.1 Å². The SMILES string of the molecule is N#CCCc1cc(F)ccc1C(F)F. The molecule has 0 saturated carbocycles. The molecule has 74 valence electrons. The van der Waals surface area contributed by atoms with Crippen molar-refractivity contribution in [2.75, 3.05) is 0 Å². The molecule has 14 heavy (non-hydrogen) atoms. The fourth-order valence-corrected chi connectivity index (χ4v) is 1.19. The van der Waals surface area contributed by atoms with Gasteiger partial charge in [0.25, 0.3) is 6.43 Å². The molecule has 1 rings (SSSR count). The Morgan fingerprint density at radius 3 is 2.64 bits per heavy atom. The van der Waals surface area contributed by atoms with E-state index in [4.69, 9.17) is 5.26 Å². The van der Waals surface area contributed by atoms with E-state index in [-0.39, 0.29) is 24.0 Å². The van der Waals surface area contributed by atoms with Crippen molar-refractivity contribution >= 4 is 0 Å². The Bertz CT molecular complexity index is 355. The van der Waals surface area contributed by atoms with Crippen LogP contribution in [0.2, 0.25) is 0 Å². The van der Waals surface area contributed by atoms with E-state index in [1.54, 1.807) is 0 Å². The normalized spacial score (nSPS) is 10.2. The first kappa shape index (κ1) is 10.6. The first-order valence-electron chi connectivity index (χ1n) is 4.08. The van der Waals surface area contributed by atoms with Gasteiger partial charge in [0.15, 0.2) is 0 Å². The van der Waals surface area contributed by atoms with E-state index in [9.17, 15) is 13.2 Å². The van der Waals surface area contributed by atoms with Crippen LogP contribution in [-0.2, 0) is 6.42 Å². The largest absolute Gasteiger partial charge is 0.264 e. The van der Waals surface area contributed by atoms with Gasteiger partial charge in [0, 0.05) is 12.0 Å². The number of aryl methyl sites for hydroxylation is 1. The van der Waals surface area contributed by atoms with Gasteiger partial charge in [-0.15, -0.1) is 0 Å². The summed E-state index contributed by atoms with van der Waals surface area (Å²) in [6, 6.07) is 4.95. The summed E-state index contributed by atoms with van der Waals surface area (Å²) in [7, 11) is 0. The minimum absolute atomic E-state index is 0.114. The minimum atomic E-state index is -2.62. The molecule has 4 heteroatoms. The molecule has 0 bridgehead atoms. The van der Waals surface area contributed by atoms with Crippen LogP contribution < -0.4 is 0 Å². The van der Waals surface area contributed by atoms with E-state index in [0.717, 1.165) is 18.2 Å². The average molecular weight is 199 g/mol. The molecule has 0 saturated heterocycles. The molecule has 0 aromatic heterocycles. The van der Waals surface area contributed by atoms with Crippen molar-refractivity contribution in [1.82, 2.24) is 0 Å². The van der Waals surface area contributed by atoms with Crippen molar-refractivity contribution in [1.29, 1.82) is 5.26 Å². The predicted octanol–water partition coefficient (Wildman–Crippen LogP) is 3.22. The Kier molecular flexibility index (Phi) is 3.52. The number of nitrogens with zero attached hydrogens (tertiary/aromatic N) is 1. The Morgan fingerprint density at radius 1 is 1.36 bits per heavy atom. The summed E-state index contributed by atoms with van der Waals surface area (Å²) < 4.78 is 37.5. The summed E-state index contributed by atoms with van der Waals surface area (Å²) in [5, 5.41) is 8.30. The van der Waals surface area contributed by atoms with Gasteiger partial charge in [0.1, 0.15) is 5.82 Å². The van der Waals surface area contributed by atoms with Gasteiger partial charge >= 0.3 is 0 Å². The molecular weight excluding hydrogens is 191 g/mol. The predicted molar refractivity (Wildman–Crippen MR) is 45.3 cm³/mol. The number of benzene rings is 1. The molecule has 1 aromatic carbocycles. The maximum atomic E-state index is 12.7. The molecule has 0 aliphatic carbocycles. The minimum Gasteiger partial charge on any atom is -0.207 e. The zero-order valence-corrected chi connectivity index (χ0v) is 7.30. The number of rotatable bonds is 3. The van der Waals surface area contributed by atoms with E-state index in [1.165, 1.54) is 0 Å². The first-order valence-corrected chi connectivity index (χ1v) is 4.08. The van der Waals surface area contributed by atoms with Crippen LogP contribution in [0.4, 0.5) is 13.2 Å². The zero-order chi connectivity index (χ0) is 10.6. The second-order valence-electron chi connectivity index (χ2n) is 2.80. The molecular formula is C10H8F3N. The lowest BCUT2D eigenvalue weighted by atomic mass is 10.0. The lowest BCUT2D eigenvalue weighted by Crippen LogP contribution is -1.95. The highest BCUT2D eigenvalue weighted by molar-refractivity contribution is 5.29. The monoisotopic (exact) mass is 199 g/mol. The van der Waals surface area contributed by atoms with Crippen molar-refractivity contribution < 1.29 is 13.2 Å². The number of hydrogen-bond acceptors (Lipinski definition) is 1. The third-order valence-electron chi connectivity index (χ3n) is 1.85. The second kappa shape index (κ2) is 4.66. The van der Waals surface area contributed by atoms with Gasteiger partial charge in [-0.2, -0.15) is 5.26 Å². The lowest BCUT2D eigenvalue weighted by molar-refractivity contribution is 0.150. The highest BCUT2D eigenvalue weighted by atomic mass is 19.3. The average Bonchev–Trinajstić information content (AvgIpc) is 2.14. The van der Waals surface area contributed by atoms with Crippen LogP contribution in [-0.4, -0.2) is 0 Å². The molecule has 0 radical (unpaired) electrons. The molecule has 1 aromatic rings. The standard InChI is InChI=1S/C10H8F3N/c11-8-3-4-9(10(12)13)7(6-8)2-1-5-14/h3-4,6,10H,1-2H2. The number of halogens is 3. The van der Waals surface area contributed by atoms with Crippen molar-refractivity contribution in [2.45, 2.75) is 19.3 Å². The smallest absolute Gasteiger partial charge is 0.207 e. The summed E-state index contributed by atoms with van der Waals surface area (Å²) in [6.45, 7) is 0. The molecule has 0 unspecified atom stereocenters. The highest BCUT2D eigenvalue weighted by Crippen LogP contribution is 2.24. The van der Waals surface area contributed by atoms with E-state index in [0.29, 0.717) is 0 Å². The fraction of sp³-hybridized carbons (Fsp3) is 0.300. The van der Waals surface area contributed by atoms with Crippen LogP contribution in [0.1, 0.15) is 24.0 Å². The van der Waals surface area contributed by atoms with E-state index < -0.39 is 12.2 Å². The third-order valence-corrected chi connectivity index (χ3v) is 1.85. The van der Waals surface area contributed by atoms with E-state index in [2.05, 4.69) is 0 Å². The summed E-state index contributed by atoms with van der Waals surface area (Å²) >= 11 is 0. The van der Waals surface area contributed by atoms with Gasteiger partial charge in [-0.3, -0.25) is 0 Å². The Morgan fingerprint density at radius 2 is 2.07 bits per heavy atom. The highest BCUT2D eigenvalue weighted by Gasteiger charge is 2.12. The van der Waals surface area contributed by atoms with Gasteiger partial charge < -0.3 is 0 Å². The zero-order valence-electron chi connectivity index (χ0n) is 7.30.